The number of rotatable bonds is 4. The van der Waals surface area contributed by atoms with E-state index >= 15 is 0 Å². The van der Waals surface area contributed by atoms with Gasteiger partial charge in [0.15, 0.2) is 9.84 Å². The van der Waals surface area contributed by atoms with Gasteiger partial charge in [-0.1, -0.05) is 6.07 Å². The van der Waals surface area contributed by atoms with Crippen LogP contribution in [0, 0.1) is 6.92 Å². The van der Waals surface area contributed by atoms with Crippen molar-refractivity contribution in [2.24, 2.45) is 0 Å². The normalized spacial score (nSPS) is 11.0. The van der Waals surface area contributed by atoms with E-state index in [-0.39, 0.29) is 11.3 Å². The smallest absolute Gasteiger partial charge is 0.336 e. The highest BCUT2D eigenvalue weighted by atomic mass is 32.2. The maximum absolute atomic E-state index is 11.4. The quantitative estimate of drug-likeness (QED) is 0.838. The number of benzene rings is 1. The fourth-order valence-corrected chi connectivity index (χ4v) is 1.91. The Kier molecular flexibility index (Phi) is 4.07. The summed E-state index contributed by atoms with van der Waals surface area (Å²) in [6, 6.07) is 4.35. The molecule has 0 heterocycles. The second-order valence-electron chi connectivity index (χ2n) is 3.95. The van der Waals surface area contributed by atoms with E-state index in [2.05, 4.69) is 5.32 Å². The highest BCUT2D eigenvalue weighted by Crippen LogP contribution is 2.15. The zero-order valence-corrected chi connectivity index (χ0v) is 10.7. The minimum Gasteiger partial charge on any atom is -0.478 e. The monoisotopic (exact) mass is 271 g/mol. The first-order chi connectivity index (χ1) is 8.19. The summed E-state index contributed by atoms with van der Waals surface area (Å²) in [5.41, 5.74) is 0.877. The van der Waals surface area contributed by atoms with Crippen LogP contribution in [-0.4, -0.2) is 37.4 Å². The first-order valence-corrected chi connectivity index (χ1v) is 7.06. The summed E-state index contributed by atoms with van der Waals surface area (Å²) < 4.78 is 21.8. The Morgan fingerprint density at radius 1 is 1.33 bits per heavy atom. The predicted octanol–water partition coefficient (Wildman–Crippen LogP) is 0.676. The van der Waals surface area contributed by atoms with Gasteiger partial charge in [0, 0.05) is 11.9 Å². The van der Waals surface area contributed by atoms with Crippen LogP contribution in [0.1, 0.15) is 15.9 Å². The van der Waals surface area contributed by atoms with Crippen molar-refractivity contribution in [2.75, 3.05) is 17.3 Å². The number of aromatic carboxylic acids is 1. The van der Waals surface area contributed by atoms with E-state index in [9.17, 15) is 18.0 Å². The number of hydrogen-bond donors (Lipinski definition) is 2. The molecule has 0 saturated carbocycles. The molecule has 98 valence electrons. The standard InChI is InChI=1S/C11H13NO5S/c1-7-3-4-8(5-9(7)11(14)15)12-10(13)6-18(2,16)17/h3-5H,6H2,1-2H3,(H,12,13)(H,14,15). The molecular formula is C11H13NO5S. The molecule has 2 N–H and O–H groups in total. The van der Waals surface area contributed by atoms with Crippen molar-refractivity contribution in [2.45, 2.75) is 6.92 Å². The maximum Gasteiger partial charge on any atom is 0.336 e. The molecule has 0 fully saturated rings. The number of carboxylic acids is 1. The minimum atomic E-state index is -3.41. The minimum absolute atomic E-state index is 0.0622. The average Bonchev–Trinajstić information content (AvgIpc) is 2.17. The number of sulfone groups is 1. The van der Waals surface area contributed by atoms with Crippen molar-refractivity contribution in [1.29, 1.82) is 0 Å². The van der Waals surface area contributed by atoms with Crippen LogP contribution in [-0.2, 0) is 14.6 Å². The fourth-order valence-electron chi connectivity index (χ4n) is 1.37. The molecule has 18 heavy (non-hydrogen) atoms. The summed E-state index contributed by atoms with van der Waals surface area (Å²) in [7, 11) is -3.41. The summed E-state index contributed by atoms with van der Waals surface area (Å²) >= 11 is 0. The van der Waals surface area contributed by atoms with Gasteiger partial charge in [0.1, 0.15) is 5.75 Å². The molecule has 0 aliphatic heterocycles. The van der Waals surface area contributed by atoms with E-state index < -0.39 is 27.5 Å². The fraction of sp³-hybridized carbons (Fsp3) is 0.273. The molecule has 0 aromatic heterocycles. The molecule has 1 aromatic rings. The summed E-state index contributed by atoms with van der Waals surface area (Å²) in [5, 5.41) is 11.2. The molecule has 0 aliphatic carbocycles. The highest BCUT2D eigenvalue weighted by Gasteiger charge is 2.13. The Morgan fingerprint density at radius 3 is 2.44 bits per heavy atom. The Hall–Kier alpha value is -1.89. The molecule has 0 bridgehead atoms. The molecule has 1 aromatic carbocycles. The van der Waals surface area contributed by atoms with E-state index in [1.807, 2.05) is 0 Å². The van der Waals surface area contributed by atoms with Crippen LogP contribution in [0.2, 0.25) is 0 Å². The molecule has 0 radical (unpaired) electrons. The summed E-state index contributed by atoms with van der Waals surface area (Å²) in [5.74, 6) is -2.44. The van der Waals surface area contributed by atoms with Gasteiger partial charge >= 0.3 is 5.97 Å². The first-order valence-electron chi connectivity index (χ1n) is 5.00. The molecular weight excluding hydrogens is 258 g/mol. The second-order valence-corrected chi connectivity index (χ2v) is 6.09. The van der Waals surface area contributed by atoms with Crippen molar-refractivity contribution in [3.63, 3.8) is 0 Å². The van der Waals surface area contributed by atoms with E-state index in [1.165, 1.54) is 12.1 Å². The van der Waals surface area contributed by atoms with E-state index in [4.69, 9.17) is 5.11 Å². The van der Waals surface area contributed by atoms with E-state index in [1.54, 1.807) is 13.0 Å². The number of carbonyl (C=O) groups excluding carboxylic acids is 1. The van der Waals surface area contributed by atoms with E-state index in [0.717, 1.165) is 6.26 Å². The molecule has 0 spiro atoms. The number of carbonyl (C=O) groups is 2. The van der Waals surface area contributed by atoms with Crippen LogP contribution in [0.5, 0.6) is 0 Å². The molecule has 0 atom stereocenters. The van der Waals surface area contributed by atoms with Crippen LogP contribution in [0.15, 0.2) is 18.2 Å². The number of amides is 1. The lowest BCUT2D eigenvalue weighted by molar-refractivity contribution is -0.113. The zero-order chi connectivity index (χ0) is 13.9. The Balaban J connectivity index is 2.89. The van der Waals surface area contributed by atoms with Gasteiger partial charge in [0.05, 0.1) is 5.56 Å². The number of nitrogens with one attached hydrogen (secondary N) is 1. The lowest BCUT2D eigenvalue weighted by Gasteiger charge is -2.07. The predicted molar refractivity (Wildman–Crippen MR) is 66.5 cm³/mol. The van der Waals surface area contributed by atoms with Crippen LogP contribution >= 0.6 is 0 Å². The largest absolute Gasteiger partial charge is 0.478 e. The lowest BCUT2D eigenvalue weighted by atomic mass is 10.1. The van der Waals surface area contributed by atoms with E-state index in [0.29, 0.717) is 5.56 Å². The molecule has 1 amide bonds. The number of carboxylic acid groups (broad SMARTS) is 1. The van der Waals surface area contributed by atoms with Crippen LogP contribution < -0.4 is 5.32 Å². The Bertz CT molecular complexity index is 591. The molecule has 1 rings (SSSR count). The van der Waals surface area contributed by atoms with Crippen LogP contribution in [0.4, 0.5) is 5.69 Å². The molecule has 0 aliphatic rings. The third kappa shape index (κ3) is 4.17. The topological polar surface area (TPSA) is 101 Å². The third-order valence-corrected chi connectivity index (χ3v) is 2.93. The molecule has 7 heteroatoms. The van der Waals surface area contributed by atoms with Gasteiger partial charge in [-0.2, -0.15) is 0 Å². The first kappa shape index (κ1) is 14.2. The van der Waals surface area contributed by atoms with Crippen molar-refractivity contribution >= 4 is 27.4 Å². The van der Waals surface area contributed by atoms with Gasteiger partial charge in [-0.3, -0.25) is 4.79 Å². The van der Waals surface area contributed by atoms with Gasteiger partial charge in [-0.15, -0.1) is 0 Å². The maximum atomic E-state index is 11.4. The third-order valence-electron chi connectivity index (χ3n) is 2.15. The van der Waals surface area contributed by atoms with Gasteiger partial charge in [-0.05, 0) is 24.6 Å². The van der Waals surface area contributed by atoms with Gasteiger partial charge in [-0.25, -0.2) is 13.2 Å². The highest BCUT2D eigenvalue weighted by molar-refractivity contribution is 7.91. The van der Waals surface area contributed by atoms with Crippen LogP contribution in [0.3, 0.4) is 0 Å². The van der Waals surface area contributed by atoms with Crippen molar-refractivity contribution < 1.29 is 23.1 Å². The van der Waals surface area contributed by atoms with Gasteiger partial charge < -0.3 is 10.4 Å². The molecule has 0 saturated heterocycles. The SMILES string of the molecule is Cc1ccc(NC(=O)CS(C)(=O)=O)cc1C(=O)O. The summed E-state index contributed by atoms with van der Waals surface area (Å²) in [4.78, 5) is 22.2. The zero-order valence-electron chi connectivity index (χ0n) is 9.93. The molecule has 0 unspecified atom stereocenters. The van der Waals surface area contributed by atoms with Crippen molar-refractivity contribution in [3.05, 3.63) is 29.3 Å². The summed E-state index contributed by atoms with van der Waals surface area (Å²) in [6.45, 7) is 1.63. The second kappa shape index (κ2) is 5.18. The lowest BCUT2D eigenvalue weighted by Crippen LogP contribution is -2.22. The Morgan fingerprint density at radius 2 is 1.94 bits per heavy atom. The number of anilines is 1. The van der Waals surface area contributed by atoms with Gasteiger partial charge in [0.2, 0.25) is 5.91 Å². The number of hydrogen-bond acceptors (Lipinski definition) is 4. The van der Waals surface area contributed by atoms with Crippen LogP contribution in [0.25, 0.3) is 0 Å². The van der Waals surface area contributed by atoms with Crippen molar-refractivity contribution in [3.8, 4) is 0 Å². The van der Waals surface area contributed by atoms with Gasteiger partial charge in [0.25, 0.3) is 0 Å². The molecule has 6 nitrogen and oxygen atoms in total. The Labute approximate surface area is 105 Å². The van der Waals surface area contributed by atoms with Crippen molar-refractivity contribution in [1.82, 2.24) is 0 Å². The summed E-state index contributed by atoms with van der Waals surface area (Å²) in [6.07, 6.45) is 0.949. The average molecular weight is 271 g/mol. The number of aryl methyl sites for hydroxylation is 1.